The van der Waals surface area contributed by atoms with E-state index in [4.69, 9.17) is 9.80 Å². The van der Waals surface area contributed by atoms with Gasteiger partial charge in [-0.15, -0.1) is 0 Å². The van der Waals surface area contributed by atoms with E-state index in [0.717, 1.165) is 0 Å². The Hall–Kier alpha value is 3.68. The minimum absolute atomic E-state index is 1.20. The van der Waals surface area contributed by atoms with Crippen molar-refractivity contribution in [1.29, 1.82) is 0 Å². The molecule has 0 spiro atoms. The second kappa shape index (κ2) is 6.30. The van der Waals surface area contributed by atoms with Crippen LogP contribution in [-0.2, 0) is 86.3 Å². The van der Waals surface area contributed by atoms with Crippen LogP contribution in [0.15, 0.2) is 0 Å². The molecule has 52 valence electrons. The average molecular weight is 848 g/mol. The summed E-state index contributed by atoms with van der Waals surface area (Å²) < 4.78 is 31.5. The van der Waals surface area contributed by atoms with E-state index in [-0.39, 0.29) is 0 Å². The van der Waals surface area contributed by atoms with Crippen LogP contribution in [0.25, 0.3) is 0 Å². The van der Waals surface area contributed by atoms with Crippen LogP contribution in [0.5, 0.6) is 0 Å². The molecule has 0 aliphatic carbocycles. The van der Waals surface area contributed by atoms with Gasteiger partial charge in [-0.1, -0.05) is 0 Å². The van der Waals surface area contributed by atoms with Crippen molar-refractivity contribution in [3.05, 3.63) is 0 Å². The van der Waals surface area contributed by atoms with Gasteiger partial charge >= 0.3 is 118 Å². The zero-order valence-corrected chi connectivity index (χ0v) is 25.7. The standard InChI is InChI=1S/2AsO3.3Hg/c2*2-1(3)4;;;/q2*-3;3*+2. The molecule has 2 saturated heterocycles. The van der Waals surface area contributed by atoms with Crippen LogP contribution in [0.2, 0.25) is 0 Å². The monoisotopic (exact) mass is 852 g/mol. The molecule has 0 unspecified atom stereocenters. The van der Waals surface area contributed by atoms with E-state index in [2.05, 4.69) is 0 Å². The van der Waals surface area contributed by atoms with Crippen LogP contribution in [0.4, 0.5) is 0 Å². The first-order chi connectivity index (χ1) is 5.45. The van der Waals surface area contributed by atoms with Crippen LogP contribution < -0.4 is 0 Å². The third kappa shape index (κ3) is 3.97. The Morgan fingerprint density at radius 3 is 1.64 bits per heavy atom. The van der Waals surface area contributed by atoms with E-state index < -0.39 is 108 Å². The molecule has 0 bridgehead atoms. The zero-order chi connectivity index (χ0) is 7.52. The second-order valence-electron chi connectivity index (χ2n) is 1.58. The maximum absolute atomic E-state index is 5.34. The fraction of sp³-hybridized carbons (Fsp3) is 0. The third-order valence-electron chi connectivity index (χ3n) is 0.949. The zero-order valence-electron chi connectivity index (χ0n) is 5.47. The first-order valence-corrected chi connectivity index (χ1v) is 20.9. The van der Waals surface area contributed by atoms with Crippen molar-refractivity contribution in [2.45, 2.75) is 0 Å². The summed E-state index contributed by atoms with van der Waals surface area (Å²) in [6.07, 6.45) is 0. The molecule has 0 aromatic rings. The molecule has 0 N–H and O–H groups in total. The molecule has 6 nitrogen and oxygen atoms in total. The molecular formula is As2Hg3O6. The molecule has 0 amide bonds. The summed E-state index contributed by atoms with van der Waals surface area (Å²) in [4.78, 5) is 0. The summed E-state index contributed by atoms with van der Waals surface area (Å²) in [5.74, 6) is 0. The van der Waals surface area contributed by atoms with Crippen molar-refractivity contribution in [2.75, 3.05) is 0 Å². The summed E-state index contributed by atoms with van der Waals surface area (Å²) in [6, 6.07) is 0. The van der Waals surface area contributed by atoms with Gasteiger partial charge < -0.3 is 0 Å². The van der Waals surface area contributed by atoms with Crippen LogP contribution in [0, 0.1) is 0 Å². The molecule has 11 heteroatoms. The third-order valence-corrected chi connectivity index (χ3v) is 43.3. The van der Waals surface area contributed by atoms with Gasteiger partial charge in [0.25, 0.3) is 0 Å². The van der Waals surface area contributed by atoms with Gasteiger partial charge in [-0.25, -0.2) is 0 Å². The SMILES string of the molecule is [O]1[Hg][O][As]1[O][Hg][O][As]1[O][Hg][O]1. The Balaban J connectivity index is 1.46. The molecule has 2 aliphatic heterocycles. The van der Waals surface area contributed by atoms with Crippen LogP contribution in [-0.4, -0.2) is 31.4 Å². The van der Waals surface area contributed by atoms with Crippen molar-refractivity contribution in [1.82, 2.24) is 0 Å². The van der Waals surface area contributed by atoms with Crippen molar-refractivity contribution in [3.8, 4) is 0 Å². The minimum atomic E-state index is -1.60. The van der Waals surface area contributed by atoms with E-state index in [1.54, 1.807) is 0 Å². The molecule has 2 rings (SSSR count). The van der Waals surface area contributed by atoms with Gasteiger partial charge in [-0.05, 0) is 0 Å². The molecule has 2 aliphatic rings. The van der Waals surface area contributed by atoms with Crippen LogP contribution >= 0.6 is 0 Å². The second-order valence-corrected chi connectivity index (χ2v) is 40.7. The predicted octanol–water partition coefficient (Wildman–Crippen LogP) is -1.18. The fourth-order valence-electron chi connectivity index (χ4n) is 0.450. The first kappa shape index (κ1) is 11.2. The van der Waals surface area contributed by atoms with Gasteiger partial charge in [0.05, 0.1) is 0 Å². The van der Waals surface area contributed by atoms with E-state index in [1.165, 1.54) is 0 Å². The van der Waals surface area contributed by atoms with Gasteiger partial charge in [0, 0.05) is 0 Å². The molecule has 2 heterocycles. The molecule has 0 radical (unpaired) electrons. The van der Waals surface area contributed by atoms with E-state index in [1.807, 2.05) is 0 Å². The molecule has 0 atom stereocenters. The Morgan fingerprint density at radius 2 is 1.36 bits per heavy atom. The van der Waals surface area contributed by atoms with Crippen molar-refractivity contribution in [2.24, 2.45) is 0 Å². The molecule has 2 fully saturated rings. The fourth-order valence-corrected chi connectivity index (χ4v) is 77.9. The molecule has 0 aromatic heterocycles. The summed E-state index contributed by atoms with van der Waals surface area (Å²) in [5.41, 5.74) is 0. The number of rotatable bonds is 4. The van der Waals surface area contributed by atoms with Crippen molar-refractivity contribution < 1.29 is 86.3 Å². The Morgan fingerprint density at radius 1 is 0.909 bits per heavy atom. The van der Waals surface area contributed by atoms with Crippen molar-refractivity contribution >= 4 is 31.4 Å². The Kier molecular flexibility index (Phi) is 6.41. The average Bonchev–Trinajstić information content (AvgIpc) is 1.79. The van der Waals surface area contributed by atoms with Gasteiger partial charge in [0.15, 0.2) is 0 Å². The number of hydrogen-bond acceptors (Lipinski definition) is 6. The number of hydrogen-bond donors (Lipinski definition) is 0. The molecule has 0 aromatic carbocycles. The Bertz CT molecular complexity index is 111. The van der Waals surface area contributed by atoms with E-state index >= 15 is 0 Å². The van der Waals surface area contributed by atoms with Gasteiger partial charge in [-0.3, -0.25) is 0 Å². The molecule has 11 heavy (non-hydrogen) atoms. The van der Waals surface area contributed by atoms with Gasteiger partial charge in [0.1, 0.15) is 0 Å². The summed E-state index contributed by atoms with van der Waals surface area (Å²) in [5, 5.41) is 0. The van der Waals surface area contributed by atoms with E-state index in [9.17, 15) is 0 Å². The topological polar surface area (TPSA) is 55.4 Å². The maximum atomic E-state index is 5.34. The van der Waals surface area contributed by atoms with E-state index in [0.29, 0.717) is 0 Å². The summed E-state index contributed by atoms with van der Waals surface area (Å²) in [7, 11) is 0. The van der Waals surface area contributed by atoms with Crippen molar-refractivity contribution in [3.63, 3.8) is 0 Å². The quantitative estimate of drug-likeness (QED) is 0.333. The van der Waals surface area contributed by atoms with Gasteiger partial charge in [0.2, 0.25) is 0 Å². The molecule has 0 saturated carbocycles. The first-order valence-electron chi connectivity index (χ1n) is 2.83. The van der Waals surface area contributed by atoms with Crippen LogP contribution in [0.1, 0.15) is 0 Å². The predicted molar refractivity (Wildman–Crippen MR) is 18.0 cm³/mol. The summed E-state index contributed by atoms with van der Waals surface area (Å²) in [6.45, 7) is 0. The van der Waals surface area contributed by atoms with Crippen LogP contribution in [0.3, 0.4) is 0 Å². The van der Waals surface area contributed by atoms with Gasteiger partial charge in [-0.2, -0.15) is 0 Å². The molecular weight excluding hydrogens is 848 g/mol. The Labute approximate surface area is 115 Å². The normalized spacial score (nSPS) is 22.5. The summed E-state index contributed by atoms with van der Waals surface area (Å²) >= 11 is -7.20.